The summed E-state index contributed by atoms with van der Waals surface area (Å²) in [5, 5.41) is 6.15. The second kappa shape index (κ2) is 9.02. The number of piperazine rings is 1. The average Bonchev–Trinajstić information content (AvgIpc) is 3.15. The van der Waals surface area contributed by atoms with E-state index in [-0.39, 0.29) is 23.3 Å². The molecule has 4 rings (SSSR count). The second-order valence-corrected chi connectivity index (χ2v) is 10.6. The van der Waals surface area contributed by atoms with Crippen molar-refractivity contribution in [3.05, 3.63) is 57.9 Å². The average molecular weight is 482 g/mol. The number of carbonyl (C=O) groups excluding carboxylic acids is 2. The molecule has 0 aliphatic carbocycles. The van der Waals surface area contributed by atoms with Crippen LogP contribution in [0.3, 0.4) is 0 Å². The van der Waals surface area contributed by atoms with Gasteiger partial charge in [0, 0.05) is 42.5 Å². The molecule has 2 amide bonds. The Bertz CT molecular complexity index is 1230. The van der Waals surface area contributed by atoms with Gasteiger partial charge in [-0.25, -0.2) is 9.67 Å². The van der Waals surface area contributed by atoms with Crippen LogP contribution < -0.4 is 0 Å². The van der Waals surface area contributed by atoms with Gasteiger partial charge in [-0.2, -0.15) is 5.10 Å². The Hall–Kier alpha value is -2.93. The van der Waals surface area contributed by atoms with E-state index < -0.39 is 0 Å². The Labute approximate surface area is 205 Å². The van der Waals surface area contributed by atoms with Crippen LogP contribution in [0.1, 0.15) is 72.6 Å². The van der Waals surface area contributed by atoms with Crippen molar-refractivity contribution in [1.29, 1.82) is 0 Å². The van der Waals surface area contributed by atoms with Crippen molar-refractivity contribution in [2.24, 2.45) is 0 Å². The quantitative estimate of drug-likeness (QED) is 0.535. The van der Waals surface area contributed by atoms with E-state index in [1.807, 2.05) is 22.6 Å². The Morgan fingerprint density at radius 2 is 1.53 bits per heavy atom. The van der Waals surface area contributed by atoms with Crippen LogP contribution in [0.5, 0.6) is 0 Å². The lowest BCUT2D eigenvalue weighted by Crippen LogP contribution is -2.50. The number of amides is 2. The highest BCUT2D eigenvalue weighted by molar-refractivity contribution is 6.30. The summed E-state index contributed by atoms with van der Waals surface area (Å²) in [5.41, 5.74) is 3.40. The highest BCUT2D eigenvalue weighted by Crippen LogP contribution is 2.30. The van der Waals surface area contributed by atoms with Crippen LogP contribution in [0.4, 0.5) is 0 Å². The van der Waals surface area contributed by atoms with Crippen LogP contribution in [0.25, 0.3) is 11.0 Å². The van der Waals surface area contributed by atoms with Gasteiger partial charge in [-0.05, 0) is 63.9 Å². The number of halogens is 1. The molecule has 3 heterocycles. The Kier molecular flexibility index (Phi) is 6.42. The first-order chi connectivity index (χ1) is 16.0. The Balaban J connectivity index is 1.61. The van der Waals surface area contributed by atoms with Crippen molar-refractivity contribution in [2.45, 2.75) is 53.0 Å². The first kappa shape index (κ1) is 24.2. The largest absolute Gasteiger partial charge is 0.335 e. The lowest BCUT2D eigenvalue weighted by molar-refractivity contribution is 0.0536. The van der Waals surface area contributed by atoms with Gasteiger partial charge in [0.2, 0.25) is 0 Å². The Morgan fingerprint density at radius 1 is 0.971 bits per heavy atom. The molecule has 0 bridgehead atoms. The molecule has 3 aromatic rings. The molecule has 180 valence electrons. The molecule has 7 nitrogen and oxygen atoms in total. The molecule has 0 saturated carbocycles. The molecule has 1 aliphatic rings. The number of aryl methyl sites for hydroxylation is 1. The number of benzene rings is 1. The third-order valence-electron chi connectivity index (χ3n) is 6.24. The first-order valence-corrected chi connectivity index (χ1v) is 12.1. The van der Waals surface area contributed by atoms with Crippen molar-refractivity contribution in [2.75, 3.05) is 26.2 Å². The standard InChI is InChI=1S/C26H32ClN5O2/c1-16(2)21-15-20(22-17(3)29-32(23(22)28-21)26(4,5)6)25(34)31-13-11-30(12-14-31)24(33)18-7-9-19(27)10-8-18/h7-10,15-16H,11-14H2,1-6H3. The molecule has 34 heavy (non-hydrogen) atoms. The van der Waals surface area contributed by atoms with E-state index in [1.165, 1.54) is 0 Å². The van der Waals surface area contributed by atoms with E-state index in [0.29, 0.717) is 42.3 Å². The summed E-state index contributed by atoms with van der Waals surface area (Å²) in [6, 6.07) is 8.82. The summed E-state index contributed by atoms with van der Waals surface area (Å²) in [6.07, 6.45) is 0. The molecule has 1 saturated heterocycles. The summed E-state index contributed by atoms with van der Waals surface area (Å²) in [5.74, 6) is 0.0947. The molecule has 1 aliphatic heterocycles. The molecular weight excluding hydrogens is 450 g/mol. The van der Waals surface area contributed by atoms with Crippen LogP contribution >= 0.6 is 11.6 Å². The van der Waals surface area contributed by atoms with Crippen molar-refractivity contribution < 1.29 is 9.59 Å². The molecule has 0 radical (unpaired) electrons. The van der Waals surface area contributed by atoms with Crippen molar-refractivity contribution in [3.63, 3.8) is 0 Å². The minimum Gasteiger partial charge on any atom is -0.335 e. The molecular formula is C26H32ClN5O2. The zero-order valence-electron chi connectivity index (χ0n) is 20.7. The number of nitrogens with zero attached hydrogens (tertiary/aromatic N) is 5. The molecule has 0 atom stereocenters. The summed E-state index contributed by atoms with van der Waals surface area (Å²) in [4.78, 5) is 35.1. The molecule has 8 heteroatoms. The number of hydrogen-bond donors (Lipinski definition) is 0. The van der Waals surface area contributed by atoms with Crippen LogP contribution in [-0.4, -0.2) is 62.6 Å². The van der Waals surface area contributed by atoms with Crippen LogP contribution in [-0.2, 0) is 5.54 Å². The van der Waals surface area contributed by atoms with Gasteiger partial charge < -0.3 is 9.80 Å². The van der Waals surface area contributed by atoms with Gasteiger partial charge in [-0.15, -0.1) is 0 Å². The van der Waals surface area contributed by atoms with Crippen LogP contribution in [0, 0.1) is 6.92 Å². The van der Waals surface area contributed by atoms with Gasteiger partial charge in [0.15, 0.2) is 5.65 Å². The van der Waals surface area contributed by atoms with E-state index in [0.717, 1.165) is 22.4 Å². The first-order valence-electron chi connectivity index (χ1n) is 11.7. The zero-order valence-corrected chi connectivity index (χ0v) is 21.5. The lowest BCUT2D eigenvalue weighted by Gasteiger charge is -2.35. The maximum atomic E-state index is 13.7. The minimum absolute atomic E-state index is 0.0375. The van der Waals surface area contributed by atoms with Crippen molar-refractivity contribution >= 4 is 34.4 Å². The predicted molar refractivity (Wildman–Crippen MR) is 135 cm³/mol. The monoisotopic (exact) mass is 481 g/mol. The molecule has 2 aromatic heterocycles. The molecule has 1 fully saturated rings. The fraction of sp³-hybridized carbons (Fsp3) is 0.462. The zero-order chi connectivity index (χ0) is 24.8. The molecule has 1 aromatic carbocycles. The SMILES string of the molecule is Cc1nn(C(C)(C)C)c2nc(C(C)C)cc(C(=O)N3CCN(C(=O)c4ccc(Cl)cc4)CC3)c12. The predicted octanol–water partition coefficient (Wildman–Crippen LogP) is 4.87. The second-order valence-electron chi connectivity index (χ2n) is 10.2. The maximum absolute atomic E-state index is 13.7. The summed E-state index contributed by atoms with van der Waals surface area (Å²) in [6.45, 7) is 14.3. The van der Waals surface area contributed by atoms with Gasteiger partial charge >= 0.3 is 0 Å². The van der Waals surface area contributed by atoms with Crippen molar-refractivity contribution in [1.82, 2.24) is 24.6 Å². The fourth-order valence-electron chi connectivity index (χ4n) is 4.30. The van der Waals surface area contributed by atoms with Gasteiger partial charge in [0.25, 0.3) is 11.8 Å². The number of carbonyl (C=O) groups is 2. The minimum atomic E-state index is -0.261. The molecule has 0 spiro atoms. The number of hydrogen-bond acceptors (Lipinski definition) is 4. The van der Waals surface area contributed by atoms with Crippen LogP contribution in [0.15, 0.2) is 30.3 Å². The summed E-state index contributed by atoms with van der Waals surface area (Å²) < 4.78 is 1.92. The van der Waals surface area contributed by atoms with E-state index in [1.54, 1.807) is 29.2 Å². The van der Waals surface area contributed by atoms with Gasteiger partial charge in [-0.3, -0.25) is 9.59 Å². The van der Waals surface area contributed by atoms with Gasteiger partial charge in [-0.1, -0.05) is 25.4 Å². The highest BCUT2D eigenvalue weighted by atomic mass is 35.5. The number of fused-ring (bicyclic) bond motifs is 1. The molecule has 0 unspecified atom stereocenters. The van der Waals surface area contributed by atoms with E-state index in [9.17, 15) is 9.59 Å². The number of aromatic nitrogens is 3. The smallest absolute Gasteiger partial charge is 0.254 e. The topological polar surface area (TPSA) is 71.3 Å². The van der Waals surface area contributed by atoms with E-state index in [4.69, 9.17) is 21.7 Å². The van der Waals surface area contributed by atoms with Gasteiger partial charge in [0.05, 0.1) is 22.2 Å². The van der Waals surface area contributed by atoms with Crippen molar-refractivity contribution in [3.8, 4) is 0 Å². The lowest BCUT2D eigenvalue weighted by atomic mass is 10.0. The number of rotatable bonds is 3. The van der Waals surface area contributed by atoms with E-state index >= 15 is 0 Å². The fourth-order valence-corrected chi connectivity index (χ4v) is 4.42. The third kappa shape index (κ3) is 4.53. The highest BCUT2D eigenvalue weighted by Gasteiger charge is 2.30. The Morgan fingerprint density at radius 3 is 2.06 bits per heavy atom. The summed E-state index contributed by atoms with van der Waals surface area (Å²) in [7, 11) is 0. The summed E-state index contributed by atoms with van der Waals surface area (Å²) >= 11 is 5.94. The third-order valence-corrected chi connectivity index (χ3v) is 6.49. The normalized spacial score (nSPS) is 14.8. The molecule has 0 N–H and O–H groups in total. The maximum Gasteiger partial charge on any atom is 0.254 e. The van der Waals surface area contributed by atoms with E-state index in [2.05, 4.69) is 34.6 Å². The van der Waals surface area contributed by atoms with Crippen LogP contribution in [0.2, 0.25) is 5.02 Å². The van der Waals surface area contributed by atoms with Gasteiger partial charge in [0.1, 0.15) is 0 Å². The number of pyridine rings is 1.